The minimum atomic E-state index is 0.319. The maximum absolute atomic E-state index is 10.9. The lowest BCUT2D eigenvalue weighted by Gasteiger charge is -2.14. The van der Waals surface area contributed by atoms with Crippen molar-refractivity contribution >= 4 is 6.29 Å². The second kappa shape index (κ2) is 7.17. The van der Waals surface area contributed by atoms with Crippen molar-refractivity contribution in [3.05, 3.63) is 43.0 Å². The molecule has 18 heavy (non-hydrogen) atoms. The summed E-state index contributed by atoms with van der Waals surface area (Å²) in [5, 5.41) is 0. The van der Waals surface area contributed by atoms with Gasteiger partial charge < -0.3 is 14.2 Å². The molecule has 0 aliphatic carbocycles. The van der Waals surface area contributed by atoms with E-state index in [-0.39, 0.29) is 0 Å². The lowest BCUT2D eigenvalue weighted by molar-refractivity contribution is 0.112. The van der Waals surface area contributed by atoms with Gasteiger partial charge in [-0.15, -0.1) is 0 Å². The zero-order valence-corrected chi connectivity index (χ0v) is 10.3. The number of methoxy groups -OCH3 is 1. The molecule has 0 saturated carbocycles. The van der Waals surface area contributed by atoms with Gasteiger partial charge in [0.15, 0.2) is 11.5 Å². The molecule has 0 radical (unpaired) electrons. The first-order valence-corrected chi connectivity index (χ1v) is 5.41. The Kier molecular flexibility index (Phi) is 5.51. The fourth-order valence-corrected chi connectivity index (χ4v) is 1.38. The molecule has 0 N–H and O–H groups in total. The molecule has 96 valence electrons. The monoisotopic (exact) mass is 248 g/mol. The van der Waals surface area contributed by atoms with Crippen LogP contribution >= 0.6 is 0 Å². The van der Waals surface area contributed by atoms with Crippen molar-refractivity contribution < 1.29 is 19.0 Å². The Morgan fingerprint density at radius 2 is 1.61 bits per heavy atom. The van der Waals surface area contributed by atoms with Crippen molar-refractivity contribution in [1.82, 2.24) is 0 Å². The molecule has 0 aliphatic rings. The molecule has 0 bridgehead atoms. The van der Waals surface area contributed by atoms with Crippen LogP contribution in [-0.4, -0.2) is 26.6 Å². The second-order valence-corrected chi connectivity index (χ2v) is 3.37. The van der Waals surface area contributed by atoms with E-state index >= 15 is 0 Å². The summed E-state index contributed by atoms with van der Waals surface area (Å²) in [6.07, 6.45) is 3.94. The second-order valence-electron chi connectivity index (χ2n) is 3.37. The van der Waals surface area contributed by atoms with Gasteiger partial charge >= 0.3 is 0 Å². The molecule has 0 atom stereocenters. The minimum absolute atomic E-state index is 0.319. The largest absolute Gasteiger partial charge is 0.490 e. The summed E-state index contributed by atoms with van der Waals surface area (Å²) >= 11 is 0. The summed E-state index contributed by atoms with van der Waals surface area (Å²) in [5.41, 5.74) is 0.453. The van der Waals surface area contributed by atoms with Gasteiger partial charge in [-0.2, -0.15) is 0 Å². The van der Waals surface area contributed by atoms with Crippen LogP contribution in [0.2, 0.25) is 0 Å². The quantitative estimate of drug-likeness (QED) is 0.524. The maximum Gasteiger partial charge on any atom is 0.203 e. The molecular formula is C14H16O4. The third-order valence-corrected chi connectivity index (χ3v) is 2.10. The first-order chi connectivity index (χ1) is 8.76. The highest BCUT2D eigenvalue weighted by molar-refractivity contribution is 5.78. The van der Waals surface area contributed by atoms with Gasteiger partial charge in [0.25, 0.3) is 0 Å². The van der Waals surface area contributed by atoms with E-state index < -0.39 is 0 Å². The van der Waals surface area contributed by atoms with Crippen LogP contribution in [0.15, 0.2) is 37.4 Å². The normalized spacial score (nSPS) is 9.39. The Hall–Kier alpha value is -2.23. The molecule has 0 heterocycles. The lowest BCUT2D eigenvalue weighted by atomic mass is 10.2. The summed E-state index contributed by atoms with van der Waals surface area (Å²) in [7, 11) is 1.51. The maximum atomic E-state index is 10.9. The fourth-order valence-electron chi connectivity index (χ4n) is 1.38. The van der Waals surface area contributed by atoms with Gasteiger partial charge in [0.2, 0.25) is 5.75 Å². The van der Waals surface area contributed by atoms with Crippen LogP contribution in [-0.2, 0) is 0 Å². The van der Waals surface area contributed by atoms with E-state index in [0.717, 1.165) is 6.29 Å². The van der Waals surface area contributed by atoms with Crippen molar-refractivity contribution in [1.29, 1.82) is 0 Å². The first-order valence-electron chi connectivity index (χ1n) is 5.41. The molecular weight excluding hydrogens is 232 g/mol. The zero-order valence-electron chi connectivity index (χ0n) is 10.3. The van der Waals surface area contributed by atoms with Crippen LogP contribution in [0, 0.1) is 0 Å². The molecule has 0 aromatic heterocycles. The van der Waals surface area contributed by atoms with Crippen molar-refractivity contribution in [2.24, 2.45) is 0 Å². The Bertz CT molecular complexity index is 404. The van der Waals surface area contributed by atoms with Gasteiger partial charge in [-0.1, -0.05) is 25.3 Å². The SMILES string of the molecule is C=CCOc1cc(C=O)cc(OCC=C)c1OC. The van der Waals surface area contributed by atoms with E-state index in [1.54, 1.807) is 24.3 Å². The molecule has 1 rings (SSSR count). The third kappa shape index (κ3) is 3.38. The van der Waals surface area contributed by atoms with E-state index in [1.165, 1.54) is 7.11 Å². The molecule has 0 unspecified atom stereocenters. The summed E-state index contributed by atoms with van der Waals surface area (Å²) in [4.78, 5) is 10.9. The highest BCUT2D eigenvalue weighted by Crippen LogP contribution is 2.38. The average Bonchev–Trinajstić information content (AvgIpc) is 2.41. The summed E-state index contributed by atoms with van der Waals surface area (Å²) in [6, 6.07) is 3.19. The van der Waals surface area contributed by atoms with E-state index in [1.807, 2.05) is 0 Å². The van der Waals surface area contributed by atoms with Crippen LogP contribution in [0.25, 0.3) is 0 Å². The minimum Gasteiger partial charge on any atom is -0.490 e. The fraction of sp³-hybridized carbons (Fsp3) is 0.214. The molecule has 4 nitrogen and oxygen atoms in total. The molecule has 0 saturated heterocycles. The topological polar surface area (TPSA) is 44.8 Å². The van der Waals surface area contributed by atoms with Crippen LogP contribution in [0.4, 0.5) is 0 Å². The molecule has 0 spiro atoms. The number of hydrogen-bond donors (Lipinski definition) is 0. The number of hydrogen-bond acceptors (Lipinski definition) is 4. The average molecular weight is 248 g/mol. The smallest absolute Gasteiger partial charge is 0.203 e. The first kappa shape index (κ1) is 13.8. The summed E-state index contributed by atoms with van der Waals surface area (Å²) in [6.45, 7) is 7.77. The summed E-state index contributed by atoms with van der Waals surface area (Å²) in [5.74, 6) is 1.34. The van der Waals surface area contributed by atoms with E-state index in [9.17, 15) is 4.79 Å². The Morgan fingerprint density at radius 3 is 1.94 bits per heavy atom. The number of aldehydes is 1. The molecule has 4 heteroatoms. The number of carbonyl (C=O) groups is 1. The molecule has 0 aliphatic heterocycles. The van der Waals surface area contributed by atoms with Crippen molar-refractivity contribution in [2.45, 2.75) is 0 Å². The molecule has 0 fully saturated rings. The number of ether oxygens (including phenoxy) is 3. The molecule has 1 aromatic rings. The summed E-state index contributed by atoms with van der Waals surface area (Å²) < 4.78 is 16.1. The van der Waals surface area contributed by atoms with Crippen molar-refractivity contribution in [2.75, 3.05) is 20.3 Å². The van der Waals surface area contributed by atoms with Gasteiger partial charge in [0, 0.05) is 5.56 Å². The number of rotatable bonds is 8. The third-order valence-electron chi connectivity index (χ3n) is 2.10. The van der Waals surface area contributed by atoms with Crippen LogP contribution < -0.4 is 14.2 Å². The van der Waals surface area contributed by atoms with Gasteiger partial charge in [-0.25, -0.2) is 0 Å². The number of benzene rings is 1. The van der Waals surface area contributed by atoms with E-state index in [2.05, 4.69) is 13.2 Å². The van der Waals surface area contributed by atoms with E-state index in [0.29, 0.717) is 36.0 Å². The molecule has 1 aromatic carbocycles. The standard InChI is InChI=1S/C14H16O4/c1-4-6-17-12-8-11(10-15)9-13(14(12)16-3)18-7-5-2/h4-5,8-10H,1-2,6-7H2,3H3. The van der Waals surface area contributed by atoms with Crippen LogP contribution in [0.3, 0.4) is 0 Å². The lowest BCUT2D eigenvalue weighted by Crippen LogP contribution is -2.02. The molecule has 0 amide bonds. The Balaban J connectivity index is 3.15. The zero-order chi connectivity index (χ0) is 13.4. The van der Waals surface area contributed by atoms with Crippen LogP contribution in [0.5, 0.6) is 17.2 Å². The van der Waals surface area contributed by atoms with Gasteiger partial charge in [-0.3, -0.25) is 4.79 Å². The number of carbonyl (C=O) groups excluding carboxylic acids is 1. The van der Waals surface area contributed by atoms with E-state index in [4.69, 9.17) is 14.2 Å². The Labute approximate surface area is 106 Å². The highest BCUT2D eigenvalue weighted by Gasteiger charge is 2.13. The van der Waals surface area contributed by atoms with Gasteiger partial charge in [0.05, 0.1) is 7.11 Å². The van der Waals surface area contributed by atoms with Gasteiger partial charge in [-0.05, 0) is 12.1 Å². The van der Waals surface area contributed by atoms with Crippen molar-refractivity contribution in [3.63, 3.8) is 0 Å². The predicted molar refractivity (Wildman–Crippen MR) is 69.8 cm³/mol. The predicted octanol–water partition coefficient (Wildman–Crippen LogP) is 2.64. The highest BCUT2D eigenvalue weighted by atomic mass is 16.5. The van der Waals surface area contributed by atoms with Crippen molar-refractivity contribution in [3.8, 4) is 17.2 Å². The Morgan fingerprint density at radius 1 is 1.11 bits per heavy atom. The van der Waals surface area contributed by atoms with Crippen LogP contribution in [0.1, 0.15) is 10.4 Å². The van der Waals surface area contributed by atoms with Gasteiger partial charge in [0.1, 0.15) is 19.5 Å².